The van der Waals surface area contributed by atoms with Crippen molar-refractivity contribution < 1.29 is 0 Å². The molecule has 58 valence electrons. The van der Waals surface area contributed by atoms with Crippen LogP contribution in [0.4, 0.5) is 0 Å². The van der Waals surface area contributed by atoms with Gasteiger partial charge in [0.15, 0.2) is 0 Å². The summed E-state index contributed by atoms with van der Waals surface area (Å²) in [6.07, 6.45) is 9.24. The van der Waals surface area contributed by atoms with E-state index in [0.29, 0.717) is 5.92 Å². The van der Waals surface area contributed by atoms with Crippen LogP contribution in [-0.2, 0) is 0 Å². The van der Waals surface area contributed by atoms with Gasteiger partial charge in [-0.25, -0.2) is 0 Å². The fourth-order valence-corrected chi connectivity index (χ4v) is 0.508. The van der Waals surface area contributed by atoms with Crippen LogP contribution in [-0.4, -0.2) is 0 Å². The Bertz CT molecular complexity index is 114. The third-order valence-corrected chi connectivity index (χ3v) is 1.43. The van der Waals surface area contributed by atoms with E-state index >= 15 is 0 Å². The molecule has 1 nitrogen and oxygen atoms in total. The average Bonchev–Trinajstić information content (AvgIpc) is 1.98. The van der Waals surface area contributed by atoms with Gasteiger partial charge in [0.2, 0.25) is 0 Å². The Balaban J connectivity index is 3.35. The van der Waals surface area contributed by atoms with Crippen LogP contribution in [0.5, 0.6) is 0 Å². The molecular formula is C9H17N. The lowest BCUT2D eigenvalue weighted by Gasteiger charge is -1.98. The lowest BCUT2D eigenvalue weighted by Crippen LogP contribution is -1.93. The van der Waals surface area contributed by atoms with Gasteiger partial charge in [-0.1, -0.05) is 32.4 Å². The van der Waals surface area contributed by atoms with E-state index in [1.54, 1.807) is 0 Å². The third kappa shape index (κ3) is 5.42. The van der Waals surface area contributed by atoms with Crippen molar-refractivity contribution in [3.05, 3.63) is 24.6 Å². The lowest BCUT2D eigenvalue weighted by molar-refractivity contribution is 0.694. The van der Waals surface area contributed by atoms with Crippen molar-refractivity contribution in [2.45, 2.75) is 27.2 Å². The first-order chi connectivity index (χ1) is 4.81. The highest BCUT2D eigenvalue weighted by Gasteiger charge is 1.87. The molecule has 0 saturated heterocycles. The van der Waals surface area contributed by atoms with Gasteiger partial charge in [0, 0.05) is 0 Å². The summed E-state index contributed by atoms with van der Waals surface area (Å²) in [5.41, 5.74) is 0. The minimum atomic E-state index is 0.678. The quantitative estimate of drug-likeness (QED) is 0.631. The van der Waals surface area contributed by atoms with Gasteiger partial charge < -0.3 is 5.32 Å². The second-order valence-corrected chi connectivity index (χ2v) is 2.41. The molecule has 0 spiro atoms. The van der Waals surface area contributed by atoms with E-state index in [0.717, 1.165) is 0 Å². The highest BCUT2D eigenvalue weighted by atomic mass is 14.8. The summed E-state index contributed by atoms with van der Waals surface area (Å²) in [4.78, 5) is 0. The predicted octanol–water partition coefficient (Wildman–Crippen LogP) is 2.67. The van der Waals surface area contributed by atoms with Gasteiger partial charge in [-0.3, -0.25) is 0 Å². The third-order valence-electron chi connectivity index (χ3n) is 1.43. The normalized spacial score (nSPS) is 14.7. The largest absolute Gasteiger partial charge is 0.368 e. The molecule has 1 atom stereocenters. The molecule has 0 aliphatic rings. The van der Waals surface area contributed by atoms with Crippen molar-refractivity contribution in [3.8, 4) is 0 Å². The maximum atomic E-state index is 3.04. The second-order valence-electron chi connectivity index (χ2n) is 2.41. The molecule has 0 radical (unpaired) electrons. The number of allylic oxidation sites excluding steroid dienone is 2. The van der Waals surface area contributed by atoms with Crippen molar-refractivity contribution in [1.82, 2.24) is 5.32 Å². The molecule has 0 aliphatic carbocycles. The Morgan fingerprint density at radius 2 is 2.10 bits per heavy atom. The Morgan fingerprint density at radius 3 is 2.60 bits per heavy atom. The first-order valence-corrected chi connectivity index (χ1v) is 3.85. The summed E-state index contributed by atoms with van der Waals surface area (Å²) in [6.45, 7) is 6.38. The van der Waals surface area contributed by atoms with Crippen molar-refractivity contribution in [1.29, 1.82) is 0 Å². The molecule has 0 amide bonds. The second kappa shape index (κ2) is 6.40. The van der Waals surface area contributed by atoms with Crippen LogP contribution in [0.25, 0.3) is 0 Å². The molecule has 0 saturated carbocycles. The smallest absolute Gasteiger partial charge is 0.00331 e. The van der Waals surface area contributed by atoms with E-state index in [1.807, 2.05) is 25.4 Å². The summed E-state index contributed by atoms with van der Waals surface area (Å²) in [6, 6.07) is 0. The fraction of sp³-hybridized carbons (Fsp3) is 0.556. The highest BCUT2D eigenvalue weighted by Crippen LogP contribution is 1.99. The molecular weight excluding hydrogens is 122 g/mol. The summed E-state index contributed by atoms with van der Waals surface area (Å²) in [5.74, 6) is 0.678. The van der Waals surface area contributed by atoms with Crippen LogP contribution < -0.4 is 5.32 Å². The van der Waals surface area contributed by atoms with Crippen molar-refractivity contribution in [2.75, 3.05) is 0 Å². The van der Waals surface area contributed by atoms with Gasteiger partial charge in [0.1, 0.15) is 0 Å². The molecule has 0 aliphatic heterocycles. The van der Waals surface area contributed by atoms with E-state index < -0.39 is 0 Å². The van der Waals surface area contributed by atoms with Gasteiger partial charge in [-0.05, 0) is 25.2 Å². The molecule has 1 heteroatoms. The fourth-order valence-electron chi connectivity index (χ4n) is 0.508. The number of hydrogen-bond donors (Lipinski definition) is 1. The monoisotopic (exact) mass is 139 g/mol. The zero-order valence-electron chi connectivity index (χ0n) is 7.09. The number of hydrogen-bond acceptors (Lipinski definition) is 1. The van der Waals surface area contributed by atoms with Crippen LogP contribution >= 0.6 is 0 Å². The molecule has 0 heterocycles. The maximum absolute atomic E-state index is 3.04. The minimum Gasteiger partial charge on any atom is -0.368 e. The first-order valence-electron chi connectivity index (χ1n) is 3.85. The Hall–Kier alpha value is -0.720. The summed E-state index contributed by atoms with van der Waals surface area (Å²) in [5, 5.41) is 3.04. The van der Waals surface area contributed by atoms with Crippen LogP contribution in [0.15, 0.2) is 24.6 Å². The molecule has 0 bridgehead atoms. The molecule has 0 aromatic heterocycles. The van der Waals surface area contributed by atoms with Crippen LogP contribution in [0, 0.1) is 5.92 Å². The van der Waals surface area contributed by atoms with Gasteiger partial charge in [0.25, 0.3) is 0 Å². The Morgan fingerprint density at radius 1 is 1.40 bits per heavy atom. The average molecular weight is 139 g/mol. The Kier molecular flexibility index (Phi) is 5.94. The van der Waals surface area contributed by atoms with E-state index in [-0.39, 0.29) is 0 Å². The van der Waals surface area contributed by atoms with Crippen LogP contribution in [0.3, 0.4) is 0 Å². The maximum Gasteiger partial charge on any atom is -0.00331 e. The van der Waals surface area contributed by atoms with Crippen molar-refractivity contribution in [2.24, 2.45) is 5.92 Å². The summed E-state index contributed by atoms with van der Waals surface area (Å²) >= 11 is 0. The molecule has 0 rings (SSSR count). The van der Waals surface area contributed by atoms with Crippen LogP contribution in [0.1, 0.15) is 27.2 Å². The van der Waals surface area contributed by atoms with Crippen molar-refractivity contribution >= 4 is 0 Å². The first kappa shape index (κ1) is 9.28. The zero-order valence-corrected chi connectivity index (χ0v) is 7.09. The van der Waals surface area contributed by atoms with Gasteiger partial charge in [-0.15, -0.1) is 0 Å². The molecule has 0 fully saturated rings. The molecule has 10 heavy (non-hydrogen) atoms. The van der Waals surface area contributed by atoms with E-state index in [2.05, 4.69) is 25.2 Å². The van der Waals surface area contributed by atoms with Gasteiger partial charge >= 0.3 is 0 Å². The zero-order chi connectivity index (χ0) is 7.82. The van der Waals surface area contributed by atoms with Gasteiger partial charge in [0.05, 0.1) is 0 Å². The number of rotatable bonds is 4. The summed E-state index contributed by atoms with van der Waals surface area (Å²) in [7, 11) is 0. The van der Waals surface area contributed by atoms with E-state index in [4.69, 9.17) is 0 Å². The van der Waals surface area contributed by atoms with Gasteiger partial charge in [-0.2, -0.15) is 0 Å². The number of nitrogens with one attached hydrogen (secondary N) is 1. The summed E-state index contributed by atoms with van der Waals surface area (Å²) < 4.78 is 0. The highest BCUT2D eigenvalue weighted by molar-refractivity contribution is 4.89. The predicted molar refractivity (Wildman–Crippen MR) is 46.5 cm³/mol. The van der Waals surface area contributed by atoms with Crippen molar-refractivity contribution in [3.63, 3.8) is 0 Å². The topological polar surface area (TPSA) is 12.0 Å². The van der Waals surface area contributed by atoms with E-state index in [9.17, 15) is 0 Å². The minimum absolute atomic E-state index is 0.678. The van der Waals surface area contributed by atoms with E-state index in [1.165, 1.54) is 6.42 Å². The Labute approximate surface area is 63.8 Å². The molecule has 0 aromatic rings. The molecule has 1 N–H and O–H groups in total. The lowest BCUT2D eigenvalue weighted by atomic mass is 10.1. The SMILES string of the molecule is C/C=C\N/C=C\C(C)CC. The molecule has 1 unspecified atom stereocenters. The molecule has 0 aromatic carbocycles. The van der Waals surface area contributed by atoms with Crippen LogP contribution in [0.2, 0.25) is 0 Å². The standard InChI is InChI=1S/C9H17N/c1-4-7-10-8-6-9(3)5-2/h4,6-10H,5H2,1-3H3/b7-4-,8-6-.